The fourth-order valence-electron chi connectivity index (χ4n) is 4.96. The Labute approximate surface area is 283 Å². The zero-order chi connectivity index (χ0) is 33.2. The molecular formula is C36H36ClN5O4S. The molecule has 11 heteroatoms. The molecule has 0 radical (unpaired) electrons. The highest BCUT2D eigenvalue weighted by Crippen LogP contribution is 2.33. The van der Waals surface area contributed by atoms with Crippen LogP contribution in [-0.4, -0.2) is 46.9 Å². The van der Waals surface area contributed by atoms with Crippen LogP contribution in [0.15, 0.2) is 95.2 Å². The Morgan fingerprint density at radius 1 is 0.915 bits per heavy atom. The van der Waals surface area contributed by atoms with Gasteiger partial charge in [-0.2, -0.15) is 5.10 Å². The predicted molar refractivity (Wildman–Crippen MR) is 187 cm³/mol. The summed E-state index contributed by atoms with van der Waals surface area (Å²) in [6, 6.07) is 26.9. The van der Waals surface area contributed by atoms with E-state index in [2.05, 4.69) is 57.3 Å². The van der Waals surface area contributed by atoms with Gasteiger partial charge in [0.2, 0.25) is 0 Å². The number of carbonyl (C=O) groups excluding carboxylic acids is 1. The lowest BCUT2D eigenvalue weighted by molar-refractivity contribution is -0.118. The first-order valence-electron chi connectivity index (χ1n) is 15.1. The van der Waals surface area contributed by atoms with E-state index in [9.17, 15) is 4.79 Å². The van der Waals surface area contributed by atoms with Crippen molar-refractivity contribution in [2.45, 2.75) is 38.5 Å². The van der Waals surface area contributed by atoms with Crippen LogP contribution in [0.4, 0.5) is 0 Å². The van der Waals surface area contributed by atoms with E-state index in [1.807, 2.05) is 54.6 Å². The number of aryl methyl sites for hydroxylation is 2. The van der Waals surface area contributed by atoms with E-state index in [4.69, 9.17) is 25.8 Å². The number of thioether (sulfide) groups is 1. The van der Waals surface area contributed by atoms with Crippen molar-refractivity contribution in [1.29, 1.82) is 0 Å². The van der Waals surface area contributed by atoms with Crippen LogP contribution >= 0.6 is 23.4 Å². The second-order valence-corrected chi connectivity index (χ2v) is 11.8. The van der Waals surface area contributed by atoms with E-state index in [1.54, 1.807) is 32.6 Å². The molecule has 5 aromatic rings. The van der Waals surface area contributed by atoms with E-state index >= 15 is 0 Å². The average molecular weight is 670 g/mol. The first-order valence-corrected chi connectivity index (χ1v) is 16.5. The minimum Gasteiger partial charge on any atom is -0.497 e. The highest BCUT2D eigenvalue weighted by molar-refractivity contribution is 7.99. The highest BCUT2D eigenvalue weighted by Gasteiger charge is 2.21. The number of hydrogen-bond acceptors (Lipinski definition) is 8. The summed E-state index contributed by atoms with van der Waals surface area (Å²) in [7, 11) is 3.21. The van der Waals surface area contributed by atoms with Gasteiger partial charge in [0.1, 0.15) is 12.4 Å². The maximum atomic E-state index is 12.9. The van der Waals surface area contributed by atoms with E-state index in [1.165, 1.54) is 22.9 Å². The Kier molecular flexibility index (Phi) is 11.5. The quantitative estimate of drug-likeness (QED) is 0.0740. The van der Waals surface area contributed by atoms with Crippen LogP contribution in [-0.2, 0) is 24.2 Å². The van der Waals surface area contributed by atoms with Crippen LogP contribution in [0, 0.1) is 0 Å². The van der Waals surface area contributed by atoms with Crippen molar-refractivity contribution in [3.8, 4) is 34.3 Å². The fraction of sp³-hybridized carbons (Fsp3) is 0.222. The summed E-state index contributed by atoms with van der Waals surface area (Å²) >= 11 is 7.28. The summed E-state index contributed by atoms with van der Waals surface area (Å²) in [6.45, 7) is 4.63. The Balaban J connectivity index is 1.28. The van der Waals surface area contributed by atoms with Gasteiger partial charge in [0.15, 0.2) is 22.5 Å². The van der Waals surface area contributed by atoms with Gasteiger partial charge in [-0.3, -0.25) is 9.36 Å². The molecule has 5 rings (SSSR count). The summed E-state index contributed by atoms with van der Waals surface area (Å²) in [5, 5.41) is 14.5. The first kappa shape index (κ1) is 33.6. The SMILES string of the molecule is CCc1cccc(CC)c1-n1c(SCC(=O)N/N=C\c2ccc(OCc3ccc(Cl)cc3)c(OC)c2)nnc1-c1ccc(OC)cc1. The summed E-state index contributed by atoms with van der Waals surface area (Å²) < 4.78 is 18.9. The highest BCUT2D eigenvalue weighted by atomic mass is 35.5. The van der Waals surface area contributed by atoms with Crippen LogP contribution in [0.3, 0.4) is 0 Å². The Bertz CT molecular complexity index is 1820. The molecule has 0 bridgehead atoms. The number of carbonyl (C=O) groups is 1. The standard InChI is InChI=1S/C36H36ClN5O4S/c1-5-26-8-7-9-27(6-2)34(26)42-35(28-13-17-30(44-3)18-14-28)40-41-36(42)47-23-33(43)39-38-21-25-12-19-31(32(20-25)45-4)46-22-24-10-15-29(37)16-11-24/h7-21H,5-6,22-23H2,1-4H3,(H,39,43)/b38-21-. The zero-order valence-electron chi connectivity index (χ0n) is 26.7. The van der Waals surface area contributed by atoms with E-state index in [0.29, 0.717) is 34.1 Å². The van der Waals surface area contributed by atoms with Crippen molar-refractivity contribution in [3.05, 3.63) is 112 Å². The van der Waals surface area contributed by atoms with Gasteiger partial charge in [-0.1, -0.05) is 67.5 Å². The number of aromatic nitrogens is 3. The average Bonchev–Trinajstić information content (AvgIpc) is 3.53. The number of halogens is 1. The van der Waals surface area contributed by atoms with Crippen molar-refractivity contribution in [2.24, 2.45) is 5.10 Å². The van der Waals surface area contributed by atoms with Crippen LogP contribution < -0.4 is 19.6 Å². The number of hydrazone groups is 1. The minimum absolute atomic E-state index is 0.0919. The molecule has 0 fully saturated rings. The number of methoxy groups -OCH3 is 2. The summed E-state index contributed by atoms with van der Waals surface area (Å²) in [5.41, 5.74) is 8.62. The number of nitrogens with one attached hydrogen (secondary N) is 1. The molecule has 0 aliphatic rings. The van der Waals surface area contributed by atoms with Gasteiger partial charge >= 0.3 is 0 Å². The number of amides is 1. The third-order valence-corrected chi connectivity index (χ3v) is 8.58. The molecule has 9 nitrogen and oxygen atoms in total. The summed E-state index contributed by atoms with van der Waals surface area (Å²) in [6.07, 6.45) is 3.23. The van der Waals surface area contributed by atoms with E-state index < -0.39 is 0 Å². The molecule has 1 N–H and O–H groups in total. The normalized spacial score (nSPS) is 11.1. The monoisotopic (exact) mass is 669 g/mol. The van der Waals surface area contributed by atoms with Gasteiger partial charge < -0.3 is 14.2 Å². The first-order chi connectivity index (χ1) is 22.9. The number of hydrogen-bond donors (Lipinski definition) is 1. The second-order valence-electron chi connectivity index (χ2n) is 10.4. The van der Waals surface area contributed by atoms with Crippen LogP contribution in [0.25, 0.3) is 17.1 Å². The zero-order valence-corrected chi connectivity index (χ0v) is 28.3. The number of para-hydroxylation sites is 1. The molecule has 1 amide bonds. The summed E-state index contributed by atoms with van der Waals surface area (Å²) in [4.78, 5) is 12.9. The molecule has 0 spiro atoms. The largest absolute Gasteiger partial charge is 0.497 e. The molecular weight excluding hydrogens is 634 g/mol. The second kappa shape index (κ2) is 16.2. The van der Waals surface area contributed by atoms with Crippen molar-refractivity contribution in [3.63, 3.8) is 0 Å². The predicted octanol–water partition coefficient (Wildman–Crippen LogP) is 7.55. The van der Waals surface area contributed by atoms with Gasteiger partial charge in [-0.25, -0.2) is 5.43 Å². The molecule has 0 saturated carbocycles. The molecule has 0 atom stereocenters. The Morgan fingerprint density at radius 3 is 2.30 bits per heavy atom. The van der Waals surface area contributed by atoms with Gasteiger partial charge in [0.05, 0.1) is 31.9 Å². The maximum Gasteiger partial charge on any atom is 0.250 e. The van der Waals surface area contributed by atoms with E-state index in [-0.39, 0.29) is 11.7 Å². The number of nitrogens with zero attached hydrogens (tertiary/aromatic N) is 4. The molecule has 242 valence electrons. The third kappa shape index (κ3) is 8.33. The Morgan fingerprint density at radius 2 is 1.64 bits per heavy atom. The Hall–Kier alpha value is -4.80. The minimum atomic E-state index is -0.277. The fourth-order valence-corrected chi connectivity index (χ4v) is 5.82. The van der Waals surface area contributed by atoms with Crippen molar-refractivity contribution in [1.82, 2.24) is 20.2 Å². The maximum absolute atomic E-state index is 12.9. The number of rotatable bonds is 14. The third-order valence-electron chi connectivity index (χ3n) is 7.40. The molecule has 1 aromatic heterocycles. The smallest absolute Gasteiger partial charge is 0.250 e. The van der Waals surface area contributed by atoms with Gasteiger partial charge in [-0.15, -0.1) is 10.2 Å². The molecule has 0 unspecified atom stereocenters. The lowest BCUT2D eigenvalue weighted by Gasteiger charge is -2.18. The summed E-state index contributed by atoms with van der Waals surface area (Å²) in [5.74, 6) is 2.41. The lowest BCUT2D eigenvalue weighted by atomic mass is 10.0. The van der Waals surface area contributed by atoms with Crippen molar-refractivity contribution < 1.29 is 19.0 Å². The van der Waals surface area contributed by atoms with Gasteiger partial charge in [0, 0.05) is 10.6 Å². The van der Waals surface area contributed by atoms with Crippen molar-refractivity contribution >= 4 is 35.5 Å². The number of ether oxygens (including phenoxy) is 3. The van der Waals surface area contributed by atoms with Crippen LogP contribution in [0.5, 0.6) is 17.2 Å². The van der Waals surface area contributed by atoms with Crippen LogP contribution in [0.1, 0.15) is 36.1 Å². The molecule has 0 aliphatic heterocycles. The van der Waals surface area contributed by atoms with Gasteiger partial charge in [-0.05, 0) is 89.7 Å². The van der Waals surface area contributed by atoms with E-state index in [0.717, 1.165) is 41.0 Å². The van der Waals surface area contributed by atoms with Crippen LogP contribution in [0.2, 0.25) is 5.02 Å². The van der Waals surface area contributed by atoms with Crippen molar-refractivity contribution in [2.75, 3.05) is 20.0 Å². The molecule has 0 aliphatic carbocycles. The molecule has 47 heavy (non-hydrogen) atoms. The lowest BCUT2D eigenvalue weighted by Crippen LogP contribution is -2.20. The molecule has 0 saturated heterocycles. The topological polar surface area (TPSA) is 99.9 Å². The van der Waals surface area contributed by atoms with Gasteiger partial charge in [0.25, 0.3) is 5.91 Å². The molecule has 4 aromatic carbocycles. The molecule has 1 heterocycles. The number of benzene rings is 4.